The number of carbonyl (C=O) groups excluding carboxylic acids is 1. The molecule has 7 heteroatoms. The van der Waals surface area contributed by atoms with Gasteiger partial charge >= 0.3 is 0 Å². The van der Waals surface area contributed by atoms with Gasteiger partial charge in [-0.15, -0.1) is 11.3 Å². The Kier molecular flexibility index (Phi) is 4.86. The molecule has 1 aliphatic heterocycles. The molecule has 0 fully saturated rings. The van der Waals surface area contributed by atoms with E-state index in [-0.39, 0.29) is 17.4 Å². The van der Waals surface area contributed by atoms with Crippen LogP contribution in [0.15, 0.2) is 60.1 Å². The minimum absolute atomic E-state index is 0.0964. The Morgan fingerprint density at radius 2 is 1.84 bits per heavy atom. The van der Waals surface area contributed by atoms with E-state index in [1.54, 1.807) is 24.6 Å². The third-order valence-electron chi connectivity index (χ3n) is 5.74. The molecule has 0 radical (unpaired) electrons. The molecule has 1 aliphatic rings. The molecule has 1 atom stereocenters. The van der Waals surface area contributed by atoms with Crippen LogP contribution in [0.4, 0.5) is 5.69 Å². The Hall–Kier alpha value is -3.45. The number of aromatic nitrogens is 3. The highest BCUT2D eigenvalue weighted by Gasteiger charge is 2.45. The average molecular weight is 445 g/mol. The lowest BCUT2D eigenvalue weighted by atomic mass is 9.85. The maximum absolute atomic E-state index is 13.6. The van der Waals surface area contributed by atoms with Gasteiger partial charge in [0.05, 0.1) is 18.8 Å². The first-order valence-electron chi connectivity index (χ1n) is 10.5. The monoisotopic (exact) mass is 444 g/mol. The number of anilines is 1. The topological polar surface area (TPSA) is 71.1 Å². The summed E-state index contributed by atoms with van der Waals surface area (Å²) in [6.45, 7) is 6.33. The first-order valence-corrected chi connectivity index (χ1v) is 11.3. The first-order chi connectivity index (χ1) is 15.4. The van der Waals surface area contributed by atoms with Gasteiger partial charge in [-0.2, -0.15) is 5.10 Å². The quantitative estimate of drug-likeness (QED) is 0.445. The molecule has 2 aromatic carbocycles. The Morgan fingerprint density at radius 3 is 2.50 bits per heavy atom. The van der Waals surface area contributed by atoms with Crippen LogP contribution in [0.25, 0.3) is 10.6 Å². The summed E-state index contributed by atoms with van der Waals surface area (Å²) in [5.74, 6) is 0.643. The number of amides is 1. The highest BCUT2D eigenvalue weighted by Crippen LogP contribution is 2.47. The van der Waals surface area contributed by atoms with Crippen LogP contribution in [0.2, 0.25) is 0 Å². The number of rotatable bonds is 4. The zero-order valence-corrected chi connectivity index (χ0v) is 19.2. The molecule has 32 heavy (non-hydrogen) atoms. The number of H-pyrrole nitrogens is 1. The number of benzene rings is 2. The van der Waals surface area contributed by atoms with E-state index in [0.717, 1.165) is 38.8 Å². The number of hydrogen-bond donors (Lipinski definition) is 1. The number of hydrogen-bond acceptors (Lipinski definition) is 5. The van der Waals surface area contributed by atoms with Crippen LogP contribution < -0.4 is 9.64 Å². The van der Waals surface area contributed by atoms with E-state index in [4.69, 9.17) is 4.74 Å². The number of methoxy groups -OCH3 is 1. The van der Waals surface area contributed by atoms with Crippen molar-refractivity contribution in [3.63, 3.8) is 0 Å². The van der Waals surface area contributed by atoms with Gasteiger partial charge in [0.15, 0.2) is 0 Å². The predicted molar refractivity (Wildman–Crippen MR) is 126 cm³/mol. The molecule has 6 nitrogen and oxygen atoms in total. The van der Waals surface area contributed by atoms with Gasteiger partial charge < -0.3 is 4.74 Å². The zero-order chi connectivity index (χ0) is 22.5. The Morgan fingerprint density at radius 1 is 1.09 bits per heavy atom. The Balaban J connectivity index is 1.68. The van der Waals surface area contributed by atoms with Crippen molar-refractivity contribution < 1.29 is 9.53 Å². The molecule has 0 aliphatic carbocycles. The standard InChI is InChI=1S/C25H24N4O2S/c1-25(2,3)22-19-20(27-28-22)24(30)29(21(19)17-7-5-6-8-18(17)31-4)16-11-9-15(10-12-16)23-26-13-14-32-23/h5-14,21H,1-4H3,(H,27,28). The SMILES string of the molecule is COc1ccccc1C1c2c(C(C)(C)C)n[nH]c2C(=O)N1c1ccc(-c2nccs2)cc1. The molecule has 1 amide bonds. The third kappa shape index (κ3) is 3.20. The summed E-state index contributed by atoms with van der Waals surface area (Å²) >= 11 is 1.59. The van der Waals surface area contributed by atoms with E-state index in [2.05, 4.69) is 36.0 Å². The maximum atomic E-state index is 13.6. The van der Waals surface area contributed by atoms with E-state index >= 15 is 0 Å². The summed E-state index contributed by atoms with van der Waals surface area (Å²) in [4.78, 5) is 19.9. The van der Waals surface area contributed by atoms with Crippen molar-refractivity contribution in [2.45, 2.75) is 32.2 Å². The normalized spacial score (nSPS) is 15.8. The molecule has 3 heterocycles. The molecule has 0 spiro atoms. The fourth-order valence-corrected chi connectivity index (χ4v) is 4.95. The van der Waals surface area contributed by atoms with Crippen molar-refractivity contribution in [2.24, 2.45) is 0 Å². The highest BCUT2D eigenvalue weighted by molar-refractivity contribution is 7.13. The molecule has 1 unspecified atom stereocenters. The minimum Gasteiger partial charge on any atom is -0.496 e. The first kappa shape index (κ1) is 20.5. The third-order valence-corrected chi connectivity index (χ3v) is 6.56. The number of aromatic amines is 1. The summed E-state index contributed by atoms with van der Waals surface area (Å²) in [6, 6.07) is 15.5. The molecule has 2 aromatic heterocycles. The Labute approximate surface area is 190 Å². The number of para-hydroxylation sites is 1. The molecular weight excluding hydrogens is 420 g/mol. The lowest BCUT2D eigenvalue weighted by molar-refractivity contribution is 0.0988. The van der Waals surface area contributed by atoms with Gasteiger partial charge in [0.25, 0.3) is 5.91 Å². The van der Waals surface area contributed by atoms with Gasteiger partial charge in [-0.3, -0.25) is 14.8 Å². The van der Waals surface area contributed by atoms with Crippen LogP contribution in [0.1, 0.15) is 54.1 Å². The van der Waals surface area contributed by atoms with Crippen molar-refractivity contribution in [1.29, 1.82) is 0 Å². The van der Waals surface area contributed by atoms with E-state index in [1.165, 1.54) is 0 Å². The fraction of sp³-hybridized carbons (Fsp3) is 0.240. The number of carbonyl (C=O) groups is 1. The van der Waals surface area contributed by atoms with Crippen LogP contribution in [0.3, 0.4) is 0 Å². The van der Waals surface area contributed by atoms with Gasteiger partial charge in [0, 0.05) is 39.4 Å². The van der Waals surface area contributed by atoms with Crippen LogP contribution >= 0.6 is 11.3 Å². The molecule has 1 N–H and O–H groups in total. The predicted octanol–water partition coefficient (Wildman–Crippen LogP) is 5.59. The van der Waals surface area contributed by atoms with Crippen molar-refractivity contribution in [3.8, 4) is 16.3 Å². The largest absolute Gasteiger partial charge is 0.496 e. The van der Waals surface area contributed by atoms with Crippen LogP contribution in [-0.2, 0) is 5.41 Å². The van der Waals surface area contributed by atoms with Gasteiger partial charge in [0.1, 0.15) is 16.5 Å². The number of nitrogens with one attached hydrogen (secondary N) is 1. The van der Waals surface area contributed by atoms with E-state index < -0.39 is 0 Å². The van der Waals surface area contributed by atoms with Crippen molar-refractivity contribution in [3.05, 3.63) is 82.6 Å². The van der Waals surface area contributed by atoms with Crippen LogP contribution in [-0.4, -0.2) is 28.2 Å². The summed E-state index contributed by atoms with van der Waals surface area (Å²) in [5.41, 5.74) is 4.88. The smallest absolute Gasteiger partial charge is 0.277 e. The molecule has 4 aromatic rings. The highest BCUT2D eigenvalue weighted by atomic mass is 32.1. The summed E-state index contributed by atoms with van der Waals surface area (Å²) < 4.78 is 5.69. The second-order valence-electron chi connectivity index (χ2n) is 8.81. The van der Waals surface area contributed by atoms with Gasteiger partial charge in [-0.1, -0.05) is 39.0 Å². The second-order valence-corrected chi connectivity index (χ2v) is 9.71. The summed E-state index contributed by atoms with van der Waals surface area (Å²) in [6.07, 6.45) is 1.79. The summed E-state index contributed by atoms with van der Waals surface area (Å²) in [7, 11) is 1.66. The van der Waals surface area contributed by atoms with E-state index in [9.17, 15) is 4.79 Å². The molecular formula is C25H24N4O2S. The average Bonchev–Trinajstić information content (AvgIpc) is 3.51. The zero-order valence-electron chi connectivity index (χ0n) is 18.4. The molecule has 5 rings (SSSR count). The van der Waals surface area contributed by atoms with Crippen LogP contribution in [0, 0.1) is 0 Å². The number of fused-ring (bicyclic) bond motifs is 1. The number of nitrogens with zero attached hydrogens (tertiary/aromatic N) is 3. The van der Waals surface area contributed by atoms with Crippen molar-refractivity contribution in [1.82, 2.24) is 15.2 Å². The van der Waals surface area contributed by atoms with Gasteiger partial charge in [0.2, 0.25) is 0 Å². The van der Waals surface area contributed by atoms with Crippen molar-refractivity contribution >= 4 is 22.9 Å². The lowest BCUT2D eigenvalue weighted by Crippen LogP contribution is -2.30. The molecule has 162 valence electrons. The van der Waals surface area contributed by atoms with Crippen molar-refractivity contribution in [2.75, 3.05) is 12.0 Å². The second kappa shape index (κ2) is 7.60. The fourth-order valence-electron chi connectivity index (χ4n) is 4.30. The molecule has 0 saturated carbocycles. The van der Waals surface area contributed by atoms with E-state index in [1.807, 2.05) is 58.8 Å². The number of ether oxygens (including phenoxy) is 1. The summed E-state index contributed by atoms with van der Waals surface area (Å²) in [5, 5.41) is 10.5. The molecule has 0 saturated heterocycles. The molecule has 0 bridgehead atoms. The minimum atomic E-state index is -0.340. The van der Waals surface area contributed by atoms with Crippen LogP contribution in [0.5, 0.6) is 5.75 Å². The Bertz CT molecular complexity index is 1270. The van der Waals surface area contributed by atoms with Gasteiger partial charge in [-0.05, 0) is 30.3 Å². The maximum Gasteiger partial charge on any atom is 0.277 e. The van der Waals surface area contributed by atoms with E-state index in [0.29, 0.717) is 5.69 Å². The number of thiazole rings is 1. The lowest BCUT2D eigenvalue weighted by Gasteiger charge is -2.29. The van der Waals surface area contributed by atoms with Gasteiger partial charge in [-0.25, -0.2) is 4.98 Å².